The van der Waals surface area contributed by atoms with Crippen LogP contribution in [0.1, 0.15) is 44.7 Å². The highest BCUT2D eigenvalue weighted by Gasteiger charge is 2.33. The second kappa shape index (κ2) is 6.28. The molecule has 3 N–H and O–H groups in total. The molecule has 1 saturated carbocycles. The fourth-order valence-electron chi connectivity index (χ4n) is 2.98. The maximum Gasteiger partial charge on any atom is 0.242 e. The molecule has 1 aromatic heterocycles. The summed E-state index contributed by atoms with van der Waals surface area (Å²) in [6.07, 6.45) is 7.28. The van der Waals surface area contributed by atoms with E-state index in [1.807, 2.05) is 7.05 Å². The third-order valence-corrected chi connectivity index (χ3v) is 5.83. The molecule has 1 aliphatic carbocycles. The number of rotatable bonds is 7. The highest BCUT2D eigenvalue weighted by atomic mass is 32.2. The molecule has 0 saturated heterocycles. The maximum atomic E-state index is 12.3. The van der Waals surface area contributed by atoms with E-state index in [-0.39, 0.29) is 5.41 Å². The number of aromatic nitrogens is 1. The van der Waals surface area contributed by atoms with Gasteiger partial charge in [0.15, 0.2) is 0 Å². The van der Waals surface area contributed by atoms with Crippen molar-refractivity contribution in [3.05, 3.63) is 18.0 Å². The Bertz CT molecular complexity index is 530. The molecule has 0 aromatic carbocycles. The summed E-state index contributed by atoms with van der Waals surface area (Å²) in [6, 6.07) is 1.69. The number of sulfonamides is 1. The lowest BCUT2D eigenvalue weighted by molar-refractivity contribution is 0.285. The Morgan fingerprint density at radius 1 is 1.35 bits per heavy atom. The fourth-order valence-corrected chi connectivity index (χ4v) is 4.15. The Morgan fingerprint density at radius 2 is 2.05 bits per heavy atom. The molecule has 114 valence electrons. The number of nitrogens with one attached hydrogen (secondary N) is 3. The summed E-state index contributed by atoms with van der Waals surface area (Å²) < 4.78 is 27.4. The summed E-state index contributed by atoms with van der Waals surface area (Å²) >= 11 is 0. The minimum atomic E-state index is -3.40. The molecule has 0 spiro atoms. The second-order valence-electron chi connectivity index (χ2n) is 5.78. The molecule has 1 aliphatic rings. The van der Waals surface area contributed by atoms with E-state index in [4.69, 9.17) is 0 Å². The highest BCUT2D eigenvalue weighted by molar-refractivity contribution is 7.89. The maximum absolute atomic E-state index is 12.3. The van der Waals surface area contributed by atoms with Crippen LogP contribution in [0.2, 0.25) is 0 Å². The van der Waals surface area contributed by atoms with E-state index in [1.165, 1.54) is 12.8 Å². The molecular weight excluding hydrogens is 274 g/mol. The van der Waals surface area contributed by atoms with E-state index in [1.54, 1.807) is 12.3 Å². The third kappa shape index (κ3) is 3.42. The summed E-state index contributed by atoms with van der Waals surface area (Å²) in [5, 5.41) is 2.99. The van der Waals surface area contributed by atoms with Gasteiger partial charge in [-0.05, 0) is 37.8 Å². The average molecular weight is 299 g/mol. The largest absolute Gasteiger partial charge is 0.363 e. The number of H-pyrrole nitrogens is 1. The van der Waals surface area contributed by atoms with Crippen molar-refractivity contribution in [2.24, 2.45) is 5.41 Å². The second-order valence-corrected chi connectivity index (χ2v) is 7.54. The summed E-state index contributed by atoms with van der Waals surface area (Å²) in [6.45, 7) is 3.34. The topological polar surface area (TPSA) is 74.0 Å². The number of hydrogen-bond donors (Lipinski definition) is 3. The molecular formula is C14H25N3O2S. The molecule has 0 bridgehead atoms. The summed E-state index contributed by atoms with van der Waals surface area (Å²) in [4.78, 5) is 3.31. The first kappa shape index (κ1) is 15.5. The van der Waals surface area contributed by atoms with Crippen molar-refractivity contribution in [2.45, 2.75) is 50.5 Å². The van der Waals surface area contributed by atoms with Crippen molar-refractivity contribution >= 4 is 10.0 Å². The van der Waals surface area contributed by atoms with Crippen LogP contribution in [0.4, 0.5) is 0 Å². The minimum Gasteiger partial charge on any atom is -0.363 e. The lowest BCUT2D eigenvalue weighted by Gasteiger charge is -2.27. The van der Waals surface area contributed by atoms with Crippen LogP contribution in [0.15, 0.2) is 17.2 Å². The van der Waals surface area contributed by atoms with Crippen LogP contribution < -0.4 is 10.0 Å². The third-order valence-electron chi connectivity index (χ3n) is 4.45. The van der Waals surface area contributed by atoms with Crippen molar-refractivity contribution in [1.82, 2.24) is 15.0 Å². The van der Waals surface area contributed by atoms with E-state index in [0.717, 1.165) is 25.0 Å². The van der Waals surface area contributed by atoms with Crippen LogP contribution in [-0.2, 0) is 16.6 Å². The summed E-state index contributed by atoms with van der Waals surface area (Å²) in [5.74, 6) is 0. The van der Waals surface area contributed by atoms with Gasteiger partial charge in [-0.15, -0.1) is 0 Å². The predicted molar refractivity (Wildman–Crippen MR) is 79.9 cm³/mol. The van der Waals surface area contributed by atoms with Crippen molar-refractivity contribution in [3.63, 3.8) is 0 Å². The van der Waals surface area contributed by atoms with Crippen molar-refractivity contribution < 1.29 is 8.42 Å². The molecule has 1 aromatic rings. The molecule has 6 heteroatoms. The standard InChI is InChI=1S/C14H25N3O2S/c1-3-14(6-4-5-7-14)11-17-20(18,19)13-8-12(9-15-2)16-10-13/h8,10,15-17H,3-7,9,11H2,1-2H3. The fraction of sp³-hybridized carbons (Fsp3) is 0.714. The van der Waals surface area contributed by atoms with E-state index in [9.17, 15) is 8.42 Å². The molecule has 2 rings (SSSR count). The number of hydrogen-bond acceptors (Lipinski definition) is 3. The quantitative estimate of drug-likeness (QED) is 0.721. The van der Waals surface area contributed by atoms with Crippen molar-refractivity contribution in [1.29, 1.82) is 0 Å². The Morgan fingerprint density at radius 3 is 2.65 bits per heavy atom. The molecule has 0 radical (unpaired) electrons. The summed E-state index contributed by atoms with van der Waals surface area (Å²) in [5.41, 5.74) is 1.04. The Labute approximate surface area is 121 Å². The van der Waals surface area contributed by atoms with E-state index in [2.05, 4.69) is 21.9 Å². The van der Waals surface area contributed by atoms with Gasteiger partial charge in [0.1, 0.15) is 0 Å². The monoisotopic (exact) mass is 299 g/mol. The van der Waals surface area contributed by atoms with Crippen LogP contribution in [0.3, 0.4) is 0 Å². The van der Waals surface area contributed by atoms with Crippen molar-refractivity contribution in [2.75, 3.05) is 13.6 Å². The lowest BCUT2D eigenvalue weighted by Crippen LogP contribution is -2.35. The van der Waals surface area contributed by atoms with Gasteiger partial charge < -0.3 is 10.3 Å². The first-order valence-corrected chi connectivity index (χ1v) is 8.81. The van der Waals surface area contributed by atoms with Crippen LogP contribution in [0.5, 0.6) is 0 Å². The smallest absolute Gasteiger partial charge is 0.242 e. The van der Waals surface area contributed by atoms with Gasteiger partial charge in [-0.2, -0.15) is 0 Å². The zero-order valence-electron chi connectivity index (χ0n) is 12.3. The van der Waals surface area contributed by atoms with Crippen LogP contribution in [-0.4, -0.2) is 27.0 Å². The molecule has 1 heterocycles. The van der Waals surface area contributed by atoms with Gasteiger partial charge in [-0.1, -0.05) is 19.8 Å². The van der Waals surface area contributed by atoms with Gasteiger partial charge in [-0.25, -0.2) is 13.1 Å². The predicted octanol–water partition coefficient (Wildman–Crippen LogP) is 1.98. The van der Waals surface area contributed by atoms with Crippen molar-refractivity contribution in [3.8, 4) is 0 Å². The van der Waals surface area contributed by atoms with Gasteiger partial charge in [0.25, 0.3) is 0 Å². The minimum absolute atomic E-state index is 0.164. The van der Waals surface area contributed by atoms with Gasteiger partial charge in [0.2, 0.25) is 10.0 Å². The lowest BCUT2D eigenvalue weighted by atomic mass is 9.84. The van der Waals surface area contributed by atoms with Crippen LogP contribution in [0.25, 0.3) is 0 Å². The molecule has 5 nitrogen and oxygen atoms in total. The van der Waals surface area contributed by atoms with Gasteiger partial charge in [0.05, 0.1) is 4.90 Å². The highest BCUT2D eigenvalue weighted by Crippen LogP contribution is 2.40. The Balaban J connectivity index is 2.03. The molecule has 1 fully saturated rings. The molecule has 0 unspecified atom stereocenters. The van der Waals surface area contributed by atoms with Gasteiger partial charge >= 0.3 is 0 Å². The van der Waals surface area contributed by atoms with E-state index < -0.39 is 10.0 Å². The van der Waals surface area contributed by atoms with Gasteiger partial charge in [0, 0.05) is 25.0 Å². The van der Waals surface area contributed by atoms with E-state index in [0.29, 0.717) is 18.0 Å². The molecule has 0 amide bonds. The first-order valence-electron chi connectivity index (χ1n) is 7.33. The summed E-state index contributed by atoms with van der Waals surface area (Å²) in [7, 11) is -1.57. The van der Waals surface area contributed by atoms with Gasteiger partial charge in [-0.3, -0.25) is 0 Å². The average Bonchev–Trinajstić information content (AvgIpc) is 3.07. The SMILES string of the molecule is CCC1(CNS(=O)(=O)c2c[nH]c(CNC)c2)CCCC1. The zero-order chi connectivity index (χ0) is 14.6. The van der Waals surface area contributed by atoms with Crippen LogP contribution >= 0.6 is 0 Å². The molecule has 0 aliphatic heterocycles. The zero-order valence-corrected chi connectivity index (χ0v) is 13.1. The Hall–Kier alpha value is -0.850. The number of aromatic amines is 1. The first-order chi connectivity index (χ1) is 9.51. The normalized spacial score (nSPS) is 18.5. The van der Waals surface area contributed by atoms with E-state index >= 15 is 0 Å². The van der Waals surface area contributed by atoms with Crippen LogP contribution in [0, 0.1) is 5.41 Å². The molecule has 20 heavy (non-hydrogen) atoms. The Kier molecular flexibility index (Phi) is 4.88. The molecule has 0 atom stereocenters.